The summed E-state index contributed by atoms with van der Waals surface area (Å²) in [6, 6.07) is 4.04. The predicted molar refractivity (Wildman–Crippen MR) is 73.6 cm³/mol. The van der Waals surface area contributed by atoms with Crippen molar-refractivity contribution in [2.75, 3.05) is 14.2 Å². The van der Waals surface area contributed by atoms with Crippen LogP contribution in [0.2, 0.25) is 0 Å². The van der Waals surface area contributed by atoms with E-state index in [0.29, 0.717) is 0 Å². The molecule has 2 aromatic rings. The van der Waals surface area contributed by atoms with Gasteiger partial charge in [-0.2, -0.15) is 0 Å². The molecule has 0 saturated carbocycles. The highest BCUT2D eigenvalue weighted by Gasteiger charge is 2.11. The number of hydrogen-bond donors (Lipinski definition) is 0. The van der Waals surface area contributed by atoms with Crippen LogP contribution >= 0.6 is 0 Å². The van der Waals surface area contributed by atoms with E-state index in [1.165, 1.54) is 10.9 Å². The maximum atomic E-state index is 5.37. The maximum Gasteiger partial charge on any atom is 0.161 e. The molecule has 1 aromatic carbocycles. The zero-order valence-electron chi connectivity index (χ0n) is 11.4. The molecule has 2 rings (SSSR count). The highest BCUT2D eigenvalue weighted by Crippen LogP contribution is 2.34. The standard InChI is InChI=1S/C15H19NO2/c1-5-11-12-8-15(18-4)14(17-3)7-10(12)9-16-13(11)6-2/h7-9H,5-6H2,1-4H3. The van der Waals surface area contributed by atoms with Crippen molar-refractivity contribution < 1.29 is 9.47 Å². The number of ether oxygens (including phenoxy) is 2. The highest BCUT2D eigenvalue weighted by molar-refractivity contribution is 5.89. The molecule has 1 aromatic heterocycles. The van der Waals surface area contributed by atoms with Crippen LogP contribution < -0.4 is 9.47 Å². The summed E-state index contributed by atoms with van der Waals surface area (Å²) in [7, 11) is 3.31. The Morgan fingerprint density at radius 1 is 1.00 bits per heavy atom. The van der Waals surface area contributed by atoms with Gasteiger partial charge in [0.05, 0.1) is 14.2 Å². The van der Waals surface area contributed by atoms with Crippen molar-refractivity contribution in [1.82, 2.24) is 4.98 Å². The van der Waals surface area contributed by atoms with E-state index in [1.54, 1.807) is 14.2 Å². The fourth-order valence-corrected chi connectivity index (χ4v) is 2.34. The average Bonchev–Trinajstić information content (AvgIpc) is 2.44. The van der Waals surface area contributed by atoms with E-state index in [0.717, 1.165) is 35.4 Å². The van der Waals surface area contributed by atoms with Gasteiger partial charge in [-0.3, -0.25) is 4.98 Å². The second kappa shape index (κ2) is 5.25. The summed E-state index contributed by atoms with van der Waals surface area (Å²) in [6.07, 6.45) is 3.84. The van der Waals surface area contributed by atoms with Gasteiger partial charge in [-0.25, -0.2) is 0 Å². The third-order valence-electron chi connectivity index (χ3n) is 3.28. The molecule has 0 saturated heterocycles. The van der Waals surface area contributed by atoms with Crippen LogP contribution in [0.1, 0.15) is 25.1 Å². The number of aryl methyl sites for hydroxylation is 2. The Morgan fingerprint density at radius 3 is 2.22 bits per heavy atom. The number of nitrogens with zero attached hydrogens (tertiary/aromatic N) is 1. The second-order valence-corrected chi connectivity index (χ2v) is 4.18. The van der Waals surface area contributed by atoms with Gasteiger partial charge in [-0.05, 0) is 35.9 Å². The SMILES string of the molecule is CCc1ncc2cc(OC)c(OC)cc2c1CC. The molecule has 0 aliphatic rings. The highest BCUT2D eigenvalue weighted by atomic mass is 16.5. The first-order chi connectivity index (χ1) is 8.74. The van der Waals surface area contributed by atoms with E-state index >= 15 is 0 Å². The lowest BCUT2D eigenvalue weighted by Crippen LogP contribution is -1.98. The van der Waals surface area contributed by atoms with Crippen LogP contribution in [0.5, 0.6) is 11.5 Å². The fraction of sp³-hybridized carbons (Fsp3) is 0.400. The minimum atomic E-state index is 0.748. The van der Waals surface area contributed by atoms with Gasteiger partial charge in [0.2, 0.25) is 0 Å². The molecule has 3 nitrogen and oxygen atoms in total. The van der Waals surface area contributed by atoms with Crippen LogP contribution in [0.3, 0.4) is 0 Å². The minimum Gasteiger partial charge on any atom is -0.493 e. The monoisotopic (exact) mass is 245 g/mol. The first-order valence-electron chi connectivity index (χ1n) is 6.27. The van der Waals surface area contributed by atoms with Crippen LogP contribution in [-0.2, 0) is 12.8 Å². The third kappa shape index (κ3) is 2.01. The predicted octanol–water partition coefficient (Wildman–Crippen LogP) is 3.38. The van der Waals surface area contributed by atoms with Crippen molar-refractivity contribution in [2.24, 2.45) is 0 Å². The van der Waals surface area contributed by atoms with E-state index in [1.807, 2.05) is 18.3 Å². The smallest absolute Gasteiger partial charge is 0.161 e. The lowest BCUT2D eigenvalue weighted by atomic mass is 10.0. The van der Waals surface area contributed by atoms with Crippen LogP contribution in [-0.4, -0.2) is 19.2 Å². The number of fused-ring (bicyclic) bond motifs is 1. The summed E-state index contributed by atoms with van der Waals surface area (Å²) in [5.74, 6) is 1.52. The molecule has 0 N–H and O–H groups in total. The number of rotatable bonds is 4. The topological polar surface area (TPSA) is 31.4 Å². The Kier molecular flexibility index (Phi) is 3.70. The van der Waals surface area contributed by atoms with Gasteiger partial charge in [-0.1, -0.05) is 13.8 Å². The number of methoxy groups -OCH3 is 2. The molecule has 0 aliphatic heterocycles. The number of pyridine rings is 1. The van der Waals surface area contributed by atoms with Crippen LogP contribution in [0.4, 0.5) is 0 Å². The molecule has 1 heterocycles. The van der Waals surface area contributed by atoms with Crippen molar-refractivity contribution in [1.29, 1.82) is 0 Å². The molecule has 0 amide bonds. The number of aromatic nitrogens is 1. The van der Waals surface area contributed by atoms with E-state index in [4.69, 9.17) is 9.47 Å². The molecule has 0 atom stereocenters. The van der Waals surface area contributed by atoms with Gasteiger partial charge in [0.15, 0.2) is 11.5 Å². The zero-order chi connectivity index (χ0) is 13.1. The Morgan fingerprint density at radius 2 is 1.67 bits per heavy atom. The number of hydrogen-bond acceptors (Lipinski definition) is 3. The minimum absolute atomic E-state index is 0.748. The summed E-state index contributed by atoms with van der Waals surface area (Å²) in [5, 5.41) is 2.31. The van der Waals surface area contributed by atoms with Gasteiger partial charge >= 0.3 is 0 Å². The molecule has 3 heteroatoms. The lowest BCUT2D eigenvalue weighted by Gasteiger charge is -2.13. The summed E-state index contributed by atoms with van der Waals surface area (Å²) >= 11 is 0. The molecule has 18 heavy (non-hydrogen) atoms. The molecule has 0 spiro atoms. The first-order valence-corrected chi connectivity index (χ1v) is 6.27. The van der Waals surface area contributed by atoms with Crippen molar-refractivity contribution in [3.8, 4) is 11.5 Å². The van der Waals surface area contributed by atoms with Gasteiger partial charge in [0.25, 0.3) is 0 Å². The molecule has 0 unspecified atom stereocenters. The lowest BCUT2D eigenvalue weighted by molar-refractivity contribution is 0.356. The van der Waals surface area contributed by atoms with Crippen LogP contribution in [0, 0.1) is 0 Å². The van der Waals surface area contributed by atoms with Gasteiger partial charge in [0, 0.05) is 17.3 Å². The molecular weight excluding hydrogens is 226 g/mol. The molecule has 0 fully saturated rings. The van der Waals surface area contributed by atoms with E-state index in [-0.39, 0.29) is 0 Å². The van der Waals surface area contributed by atoms with Gasteiger partial charge in [-0.15, -0.1) is 0 Å². The van der Waals surface area contributed by atoms with Crippen LogP contribution in [0.25, 0.3) is 10.8 Å². The summed E-state index contributed by atoms with van der Waals surface area (Å²) < 4.78 is 10.7. The number of benzene rings is 1. The second-order valence-electron chi connectivity index (χ2n) is 4.18. The van der Waals surface area contributed by atoms with Crippen molar-refractivity contribution >= 4 is 10.8 Å². The first kappa shape index (κ1) is 12.7. The summed E-state index contributed by atoms with van der Waals surface area (Å²) in [5.41, 5.74) is 2.47. The maximum absolute atomic E-state index is 5.37. The van der Waals surface area contributed by atoms with Gasteiger partial charge in [0.1, 0.15) is 0 Å². The van der Waals surface area contributed by atoms with Crippen molar-refractivity contribution in [3.63, 3.8) is 0 Å². The van der Waals surface area contributed by atoms with Crippen molar-refractivity contribution in [2.45, 2.75) is 26.7 Å². The van der Waals surface area contributed by atoms with E-state index in [2.05, 4.69) is 18.8 Å². The molecule has 0 aliphatic carbocycles. The Hall–Kier alpha value is -1.77. The van der Waals surface area contributed by atoms with Gasteiger partial charge < -0.3 is 9.47 Å². The van der Waals surface area contributed by atoms with E-state index in [9.17, 15) is 0 Å². The average molecular weight is 245 g/mol. The summed E-state index contributed by atoms with van der Waals surface area (Å²) in [6.45, 7) is 4.29. The fourth-order valence-electron chi connectivity index (χ4n) is 2.34. The third-order valence-corrected chi connectivity index (χ3v) is 3.28. The Bertz CT molecular complexity index is 562. The Labute approximate surface area is 108 Å². The van der Waals surface area contributed by atoms with Crippen LogP contribution in [0.15, 0.2) is 18.3 Å². The Balaban J connectivity index is 2.76. The van der Waals surface area contributed by atoms with E-state index < -0.39 is 0 Å². The molecule has 96 valence electrons. The zero-order valence-corrected chi connectivity index (χ0v) is 11.4. The molecule has 0 bridgehead atoms. The normalized spacial score (nSPS) is 10.7. The summed E-state index contributed by atoms with van der Waals surface area (Å²) in [4.78, 5) is 4.53. The molecular formula is C15H19NO2. The van der Waals surface area contributed by atoms with Crippen molar-refractivity contribution in [3.05, 3.63) is 29.6 Å². The largest absolute Gasteiger partial charge is 0.493 e. The molecule has 0 radical (unpaired) electrons. The quantitative estimate of drug-likeness (QED) is 0.827.